The van der Waals surface area contributed by atoms with Crippen molar-refractivity contribution in [1.82, 2.24) is 0 Å². The van der Waals surface area contributed by atoms with Gasteiger partial charge in [0, 0.05) is 21.5 Å². The largest absolute Gasteiger partial charge is 0.289 e. The van der Waals surface area contributed by atoms with Gasteiger partial charge in [-0.15, -0.1) is 0 Å². The highest BCUT2D eigenvalue weighted by Gasteiger charge is 2.17. The van der Waals surface area contributed by atoms with E-state index >= 15 is 0 Å². The maximum absolute atomic E-state index is 13.8. The summed E-state index contributed by atoms with van der Waals surface area (Å²) in [6, 6.07) is 14.3. The molecule has 0 radical (unpaired) electrons. The Kier molecular flexibility index (Phi) is 3.66. The Bertz CT molecular complexity index is 859. The highest BCUT2D eigenvalue weighted by atomic mass is 35.5. The molecule has 21 heavy (non-hydrogen) atoms. The summed E-state index contributed by atoms with van der Waals surface area (Å²) < 4.78 is 13.8. The maximum Gasteiger partial charge on any atom is 0.195 e. The molecule has 3 aromatic carbocycles. The third-order valence-corrected chi connectivity index (χ3v) is 3.84. The summed E-state index contributed by atoms with van der Waals surface area (Å²) >= 11 is 11.9. The summed E-state index contributed by atoms with van der Waals surface area (Å²) in [5.74, 6) is -0.614. The van der Waals surface area contributed by atoms with Gasteiger partial charge in [0.2, 0.25) is 0 Å². The number of hydrogen-bond acceptors (Lipinski definition) is 1. The van der Waals surface area contributed by atoms with Gasteiger partial charge in [0.25, 0.3) is 0 Å². The van der Waals surface area contributed by atoms with Crippen molar-refractivity contribution in [3.05, 3.63) is 81.6 Å². The van der Waals surface area contributed by atoms with Crippen LogP contribution in [0.25, 0.3) is 10.8 Å². The van der Waals surface area contributed by atoms with Crippen LogP contribution in [0.3, 0.4) is 0 Å². The second-order valence-electron chi connectivity index (χ2n) is 4.59. The Morgan fingerprint density at radius 2 is 1.52 bits per heavy atom. The van der Waals surface area contributed by atoms with Crippen molar-refractivity contribution in [2.24, 2.45) is 0 Å². The molecule has 1 nitrogen and oxygen atoms in total. The Morgan fingerprint density at radius 3 is 2.24 bits per heavy atom. The minimum atomic E-state index is -0.357. The predicted octanol–water partition coefficient (Wildman–Crippen LogP) is 5.52. The Balaban J connectivity index is 2.21. The van der Waals surface area contributed by atoms with Crippen LogP contribution in [0.5, 0.6) is 0 Å². The first-order chi connectivity index (χ1) is 10.1. The predicted molar refractivity (Wildman–Crippen MR) is 83.8 cm³/mol. The maximum atomic E-state index is 13.8. The van der Waals surface area contributed by atoms with Crippen LogP contribution in [-0.4, -0.2) is 5.78 Å². The summed E-state index contributed by atoms with van der Waals surface area (Å²) in [4.78, 5) is 12.7. The third-order valence-electron chi connectivity index (χ3n) is 3.29. The highest BCUT2D eigenvalue weighted by Crippen LogP contribution is 2.28. The van der Waals surface area contributed by atoms with E-state index in [9.17, 15) is 9.18 Å². The molecule has 3 rings (SSSR count). The molecule has 0 heterocycles. The minimum absolute atomic E-state index is 0.257. The van der Waals surface area contributed by atoms with Crippen molar-refractivity contribution < 1.29 is 9.18 Å². The number of benzene rings is 3. The lowest BCUT2D eigenvalue weighted by atomic mass is 9.97. The molecule has 0 aliphatic carbocycles. The van der Waals surface area contributed by atoms with Crippen LogP contribution in [-0.2, 0) is 0 Å². The van der Waals surface area contributed by atoms with E-state index in [1.165, 1.54) is 18.2 Å². The molecule has 0 N–H and O–H groups in total. The lowest BCUT2D eigenvalue weighted by Crippen LogP contribution is -2.03. The monoisotopic (exact) mass is 318 g/mol. The van der Waals surface area contributed by atoms with E-state index in [0.717, 1.165) is 0 Å². The topological polar surface area (TPSA) is 17.1 Å². The van der Waals surface area contributed by atoms with Gasteiger partial charge in [-0.25, -0.2) is 4.39 Å². The Morgan fingerprint density at radius 1 is 0.857 bits per heavy atom. The molecule has 0 saturated carbocycles. The molecular formula is C17H9Cl2FO. The quantitative estimate of drug-likeness (QED) is 0.569. The van der Waals surface area contributed by atoms with E-state index in [4.69, 9.17) is 23.2 Å². The van der Waals surface area contributed by atoms with Crippen molar-refractivity contribution in [2.45, 2.75) is 0 Å². The van der Waals surface area contributed by atoms with E-state index in [1.807, 2.05) is 0 Å². The normalized spacial score (nSPS) is 10.8. The van der Waals surface area contributed by atoms with Crippen LogP contribution in [0.4, 0.5) is 4.39 Å². The van der Waals surface area contributed by atoms with Gasteiger partial charge in [-0.3, -0.25) is 4.79 Å². The second kappa shape index (κ2) is 5.47. The molecule has 0 bridgehead atoms. The van der Waals surface area contributed by atoms with Gasteiger partial charge in [0.1, 0.15) is 5.82 Å². The summed E-state index contributed by atoms with van der Waals surface area (Å²) in [5.41, 5.74) is 0.758. The molecule has 104 valence electrons. The summed E-state index contributed by atoms with van der Waals surface area (Å²) in [5, 5.41) is 1.71. The molecule has 4 heteroatoms. The SMILES string of the molecule is O=C(c1ccc(Cl)cc1Cl)c1ccc(F)c2ccccc12. The molecule has 3 aromatic rings. The van der Waals surface area contributed by atoms with Gasteiger partial charge < -0.3 is 0 Å². The number of fused-ring (bicyclic) bond motifs is 1. The van der Waals surface area contributed by atoms with Crippen molar-refractivity contribution in [2.75, 3.05) is 0 Å². The molecule has 0 aliphatic rings. The molecule has 0 atom stereocenters. The first kappa shape index (κ1) is 14.1. The van der Waals surface area contributed by atoms with Crippen LogP contribution < -0.4 is 0 Å². The number of hydrogen-bond donors (Lipinski definition) is 0. The summed E-state index contributed by atoms with van der Waals surface area (Å²) in [6.07, 6.45) is 0. The van der Waals surface area contributed by atoms with Gasteiger partial charge in [-0.05, 0) is 35.7 Å². The van der Waals surface area contributed by atoms with Crippen molar-refractivity contribution >= 4 is 39.8 Å². The second-order valence-corrected chi connectivity index (χ2v) is 5.44. The lowest BCUT2D eigenvalue weighted by Gasteiger charge is -2.08. The number of rotatable bonds is 2. The Hall–Kier alpha value is -1.90. The molecule has 0 saturated heterocycles. The third kappa shape index (κ3) is 2.53. The fourth-order valence-electron chi connectivity index (χ4n) is 2.28. The number of carbonyl (C=O) groups excluding carboxylic acids is 1. The van der Waals surface area contributed by atoms with E-state index in [2.05, 4.69) is 0 Å². The zero-order chi connectivity index (χ0) is 15.0. The highest BCUT2D eigenvalue weighted by molar-refractivity contribution is 6.38. The molecular weight excluding hydrogens is 310 g/mol. The van der Waals surface area contributed by atoms with E-state index in [-0.39, 0.29) is 16.6 Å². The average molecular weight is 319 g/mol. The lowest BCUT2D eigenvalue weighted by molar-refractivity contribution is 0.104. The molecule has 0 spiro atoms. The van der Waals surface area contributed by atoms with Gasteiger partial charge >= 0.3 is 0 Å². The zero-order valence-electron chi connectivity index (χ0n) is 10.7. The summed E-state index contributed by atoms with van der Waals surface area (Å²) in [6.45, 7) is 0. The van der Waals surface area contributed by atoms with Crippen LogP contribution >= 0.6 is 23.2 Å². The number of ketones is 1. The molecule has 0 aliphatic heterocycles. The molecule has 0 unspecified atom stereocenters. The van der Waals surface area contributed by atoms with Gasteiger partial charge in [-0.1, -0.05) is 47.5 Å². The van der Waals surface area contributed by atoms with Crippen molar-refractivity contribution in [3.63, 3.8) is 0 Å². The van der Waals surface area contributed by atoms with E-state index in [1.54, 1.807) is 36.4 Å². The van der Waals surface area contributed by atoms with Crippen LogP contribution in [0, 0.1) is 5.82 Å². The number of halogens is 3. The van der Waals surface area contributed by atoms with Gasteiger partial charge in [0.05, 0.1) is 5.02 Å². The van der Waals surface area contributed by atoms with Gasteiger partial charge in [0.15, 0.2) is 5.78 Å². The van der Waals surface area contributed by atoms with E-state index in [0.29, 0.717) is 26.9 Å². The summed E-state index contributed by atoms with van der Waals surface area (Å²) in [7, 11) is 0. The average Bonchev–Trinajstić information content (AvgIpc) is 2.47. The first-order valence-corrected chi connectivity index (χ1v) is 7.00. The minimum Gasteiger partial charge on any atom is -0.289 e. The fourth-order valence-corrected chi connectivity index (χ4v) is 2.77. The van der Waals surface area contributed by atoms with Crippen molar-refractivity contribution in [1.29, 1.82) is 0 Å². The smallest absolute Gasteiger partial charge is 0.195 e. The van der Waals surface area contributed by atoms with Crippen molar-refractivity contribution in [3.8, 4) is 0 Å². The van der Waals surface area contributed by atoms with E-state index < -0.39 is 0 Å². The molecule has 0 fully saturated rings. The first-order valence-electron chi connectivity index (χ1n) is 6.25. The molecule has 0 aromatic heterocycles. The molecule has 0 amide bonds. The van der Waals surface area contributed by atoms with Crippen LogP contribution in [0.1, 0.15) is 15.9 Å². The Labute approximate surface area is 130 Å². The number of carbonyl (C=O) groups is 1. The van der Waals surface area contributed by atoms with Gasteiger partial charge in [-0.2, -0.15) is 0 Å². The fraction of sp³-hybridized carbons (Fsp3) is 0. The van der Waals surface area contributed by atoms with Crippen LogP contribution in [0.15, 0.2) is 54.6 Å². The standard InChI is InChI=1S/C17H9Cl2FO/c18-10-5-6-14(15(19)9-10)17(21)13-7-8-16(20)12-4-2-1-3-11(12)13/h1-9H. The van der Waals surface area contributed by atoms with Crippen LogP contribution in [0.2, 0.25) is 10.0 Å². The zero-order valence-corrected chi connectivity index (χ0v) is 12.3.